The zero-order valence-electron chi connectivity index (χ0n) is 10.6. The number of amides is 1. The maximum atomic E-state index is 11.9. The number of hydrogen-bond acceptors (Lipinski definition) is 2. The van der Waals surface area contributed by atoms with Gasteiger partial charge in [-0.1, -0.05) is 13.8 Å². The zero-order valence-corrected chi connectivity index (χ0v) is 10.6. The average molecular weight is 224 g/mol. The van der Waals surface area contributed by atoms with E-state index in [0.717, 1.165) is 39.0 Å². The molecule has 0 aromatic rings. The number of hydrogen-bond donors (Lipinski definition) is 0. The summed E-state index contributed by atoms with van der Waals surface area (Å²) in [7, 11) is 0. The number of likely N-dealkylation sites (tertiary alicyclic amines) is 1. The van der Waals surface area contributed by atoms with Crippen molar-refractivity contribution in [2.24, 2.45) is 5.92 Å². The molecule has 1 heterocycles. The second-order valence-corrected chi connectivity index (χ2v) is 5.05. The lowest BCUT2D eigenvalue weighted by Gasteiger charge is -2.37. The van der Waals surface area contributed by atoms with Gasteiger partial charge in [-0.25, -0.2) is 0 Å². The summed E-state index contributed by atoms with van der Waals surface area (Å²) in [4.78, 5) is 16.5. The average Bonchev–Trinajstić information content (AvgIpc) is 3.15. The first kappa shape index (κ1) is 11.9. The van der Waals surface area contributed by atoms with E-state index < -0.39 is 0 Å². The summed E-state index contributed by atoms with van der Waals surface area (Å²) in [5.74, 6) is 0.822. The summed E-state index contributed by atoms with van der Waals surface area (Å²) in [5.41, 5.74) is 0. The van der Waals surface area contributed by atoms with Gasteiger partial charge in [-0.2, -0.15) is 0 Å². The molecular weight excluding hydrogens is 200 g/mol. The van der Waals surface area contributed by atoms with Crippen LogP contribution in [-0.2, 0) is 4.79 Å². The van der Waals surface area contributed by atoms with E-state index in [1.165, 1.54) is 12.8 Å². The highest BCUT2D eigenvalue weighted by atomic mass is 16.2. The van der Waals surface area contributed by atoms with Crippen LogP contribution in [0.2, 0.25) is 0 Å². The molecule has 0 spiro atoms. The standard InChI is InChI=1S/C13H24N2O/c1-3-14(4-2)12-7-9-15(10-8-12)13(16)11-5-6-11/h11-12H,3-10H2,1-2H3. The molecule has 0 aromatic carbocycles. The Labute approximate surface area is 98.8 Å². The predicted molar refractivity (Wildman–Crippen MR) is 65.2 cm³/mol. The minimum Gasteiger partial charge on any atom is -0.342 e. The van der Waals surface area contributed by atoms with E-state index in [4.69, 9.17) is 0 Å². The second-order valence-electron chi connectivity index (χ2n) is 5.05. The van der Waals surface area contributed by atoms with Gasteiger partial charge in [-0.15, -0.1) is 0 Å². The Kier molecular flexibility index (Phi) is 3.85. The summed E-state index contributed by atoms with van der Waals surface area (Å²) in [6, 6.07) is 0.707. The highest BCUT2D eigenvalue weighted by Gasteiger charge is 2.35. The van der Waals surface area contributed by atoms with Crippen LogP contribution in [0.1, 0.15) is 39.5 Å². The van der Waals surface area contributed by atoms with E-state index in [0.29, 0.717) is 17.9 Å². The number of carbonyl (C=O) groups is 1. The number of carbonyl (C=O) groups excluding carboxylic acids is 1. The Bertz CT molecular complexity index is 238. The van der Waals surface area contributed by atoms with Gasteiger partial charge in [-0.3, -0.25) is 4.79 Å². The fraction of sp³-hybridized carbons (Fsp3) is 0.923. The molecule has 1 amide bonds. The minimum absolute atomic E-state index is 0.394. The molecule has 0 bridgehead atoms. The SMILES string of the molecule is CCN(CC)C1CCN(C(=O)C2CC2)CC1. The highest BCUT2D eigenvalue weighted by Crippen LogP contribution is 2.32. The van der Waals surface area contributed by atoms with Gasteiger partial charge in [0.2, 0.25) is 5.91 Å². The minimum atomic E-state index is 0.394. The maximum absolute atomic E-state index is 11.9. The van der Waals surface area contributed by atoms with Crippen LogP contribution in [0.15, 0.2) is 0 Å². The number of nitrogens with zero attached hydrogens (tertiary/aromatic N) is 2. The van der Waals surface area contributed by atoms with E-state index in [1.54, 1.807) is 0 Å². The van der Waals surface area contributed by atoms with Gasteiger partial charge in [0.1, 0.15) is 0 Å². The molecule has 1 aliphatic carbocycles. The summed E-state index contributed by atoms with van der Waals surface area (Å²) < 4.78 is 0. The topological polar surface area (TPSA) is 23.6 Å². The maximum Gasteiger partial charge on any atom is 0.225 e. The molecule has 0 atom stereocenters. The summed E-state index contributed by atoms with van der Waals surface area (Å²) in [5, 5.41) is 0. The van der Waals surface area contributed by atoms with E-state index in [1.807, 2.05) is 0 Å². The van der Waals surface area contributed by atoms with Crippen LogP contribution in [0.3, 0.4) is 0 Å². The fourth-order valence-corrected chi connectivity index (χ4v) is 2.78. The lowest BCUT2D eigenvalue weighted by Crippen LogP contribution is -2.47. The van der Waals surface area contributed by atoms with E-state index in [9.17, 15) is 4.79 Å². The number of piperidine rings is 1. The van der Waals surface area contributed by atoms with Crippen molar-refractivity contribution in [2.75, 3.05) is 26.2 Å². The molecule has 2 fully saturated rings. The van der Waals surface area contributed by atoms with Crippen molar-refractivity contribution in [3.05, 3.63) is 0 Å². The largest absolute Gasteiger partial charge is 0.342 e. The van der Waals surface area contributed by atoms with E-state index >= 15 is 0 Å². The van der Waals surface area contributed by atoms with Gasteiger partial charge in [-0.05, 0) is 38.8 Å². The Morgan fingerprint density at radius 1 is 1.12 bits per heavy atom. The van der Waals surface area contributed by atoms with Gasteiger partial charge in [0, 0.05) is 25.0 Å². The lowest BCUT2D eigenvalue weighted by atomic mass is 10.0. The highest BCUT2D eigenvalue weighted by molar-refractivity contribution is 5.81. The van der Waals surface area contributed by atoms with Gasteiger partial charge >= 0.3 is 0 Å². The van der Waals surface area contributed by atoms with Crippen molar-refractivity contribution in [2.45, 2.75) is 45.6 Å². The van der Waals surface area contributed by atoms with Crippen LogP contribution in [0.5, 0.6) is 0 Å². The van der Waals surface area contributed by atoms with E-state index in [-0.39, 0.29) is 0 Å². The Balaban J connectivity index is 1.79. The molecule has 92 valence electrons. The van der Waals surface area contributed by atoms with Gasteiger partial charge in [0.05, 0.1) is 0 Å². The Morgan fingerprint density at radius 2 is 1.69 bits per heavy atom. The van der Waals surface area contributed by atoms with Crippen molar-refractivity contribution in [1.82, 2.24) is 9.80 Å². The van der Waals surface area contributed by atoms with Crippen LogP contribution >= 0.6 is 0 Å². The van der Waals surface area contributed by atoms with Crippen molar-refractivity contribution < 1.29 is 4.79 Å². The van der Waals surface area contributed by atoms with Crippen LogP contribution in [-0.4, -0.2) is 47.9 Å². The van der Waals surface area contributed by atoms with Crippen molar-refractivity contribution in [1.29, 1.82) is 0 Å². The Hall–Kier alpha value is -0.570. The first-order valence-corrected chi connectivity index (χ1v) is 6.79. The molecule has 0 N–H and O–H groups in total. The van der Waals surface area contributed by atoms with Crippen LogP contribution < -0.4 is 0 Å². The third-order valence-corrected chi connectivity index (χ3v) is 4.03. The van der Waals surface area contributed by atoms with Gasteiger partial charge in [0.15, 0.2) is 0 Å². The lowest BCUT2D eigenvalue weighted by molar-refractivity contribution is -0.134. The molecule has 0 aromatic heterocycles. The molecule has 1 aliphatic heterocycles. The molecule has 3 heteroatoms. The van der Waals surface area contributed by atoms with E-state index in [2.05, 4.69) is 23.6 Å². The predicted octanol–water partition coefficient (Wildman–Crippen LogP) is 1.73. The summed E-state index contributed by atoms with van der Waals surface area (Å²) >= 11 is 0. The Morgan fingerprint density at radius 3 is 2.12 bits per heavy atom. The molecule has 1 saturated heterocycles. The van der Waals surface area contributed by atoms with Crippen LogP contribution in [0.25, 0.3) is 0 Å². The summed E-state index contributed by atoms with van der Waals surface area (Å²) in [6.45, 7) is 8.69. The molecule has 2 aliphatic rings. The van der Waals surface area contributed by atoms with Crippen molar-refractivity contribution in [3.8, 4) is 0 Å². The second kappa shape index (κ2) is 5.17. The van der Waals surface area contributed by atoms with Crippen LogP contribution in [0.4, 0.5) is 0 Å². The van der Waals surface area contributed by atoms with Crippen molar-refractivity contribution in [3.63, 3.8) is 0 Å². The molecule has 3 nitrogen and oxygen atoms in total. The first-order chi connectivity index (χ1) is 7.76. The monoisotopic (exact) mass is 224 g/mol. The van der Waals surface area contributed by atoms with Crippen LogP contribution in [0, 0.1) is 5.92 Å². The molecule has 16 heavy (non-hydrogen) atoms. The quantitative estimate of drug-likeness (QED) is 0.726. The third-order valence-electron chi connectivity index (χ3n) is 4.03. The third kappa shape index (κ3) is 2.57. The summed E-state index contributed by atoms with van der Waals surface area (Å²) in [6.07, 6.45) is 4.60. The smallest absolute Gasteiger partial charge is 0.225 e. The van der Waals surface area contributed by atoms with Crippen molar-refractivity contribution >= 4 is 5.91 Å². The number of rotatable bonds is 4. The molecule has 1 saturated carbocycles. The van der Waals surface area contributed by atoms with Gasteiger partial charge < -0.3 is 9.80 Å². The fourth-order valence-electron chi connectivity index (χ4n) is 2.78. The molecule has 2 rings (SSSR count). The normalized spacial score (nSPS) is 22.8. The molecule has 0 radical (unpaired) electrons. The zero-order chi connectivity index (χ0) is 11.5. The molecular formula is C13H24N2O. The van der Waals surface area contributed by atoms with Gasteiger partial charge in [0.25, 0.3) is 0 Å². The first-order valence-electron chi connectivity index (χ1n) is 6.79. The molecule has 0 unspecified atom stereocenters.